The van der Waals surface area contributed by atoms with Crippen LogP contribution in [0.15, 0.2) is 60.7 Å². The molecule has 0 heterocycles. The van der Waals surface area contributed by atoms with Gasteiger partial charge in [0.2, 0.25) is 0 Å². The van der Waals surface area contributed by atoms with Gasteiger partial charge in [-0.3, -0.25) is 6.08 Å². The second-order valence-corrected chi connectivity index (χ2v) is 19.4. The smallest absolute Gasteiger partial charge is 1.00 e. The average Bonchev–Trinajstić information content (AvgIpc) is 3.23. The first-order chi connectivity index (χ1) is 12.2. The number of benzene rings is 2. The number of rotatable bonds is 2. The van der Waals surface area contributed by atoms with Gasteiger partial charge in [0.15, 0.2) is 0 Å². The van der Waals surface area contributed by atoms with Gasteiger partial charge < -0.3 is 24.8 Å². The van der Waals surface area contributed by atoms with Crippen LogP contribution in [0.5, 0.6) is 0 Å². The minimum Gasteiger partial charge on any atom is -1.00 e. The molecule has 0 bridgehead atoms. The summed E-state index contributed by atoms with van der Waals surface area (Å²) in [4.78, 5) is 0. The van der Waals surface area contributed by atoms with E-state index >= 15 is 0 Å². The molecule has 3 aromatic carbocycles. The van der Waals surface area contributed by atoms with Crippen LogP contribution in [0.1, 0.15) is 6.42 Å². The van der Waals surface area contributed by atoms with Crippen molar-refractivity contribution in [3.63, 3.8) is 0 Å². The van der Waals surface area contributed by atoms with Gasteiger partial charge in [0.25, 0.3) is 0 Å². The zero-order valence-corrected chi connectivity index (χ0v) is 24.2. The van der Waals surface area contributed by atoms with Gasteiger partial charge in [-0.2, -0.15) is 6.08 Å². The number of hydrogen-bond acceptors (Lipinski definition) is 0. The van der Waals surface area contributed by atoms with Gasteiger partial charge >= 0.3 is 26.2 Å². The van der Waals surface area contributed by atoms with E-state index in [4.69, 9.17) is 0 Å². The summed E-state index contributed by atoms with van der Waals surface area (Å²) in [5.74, 6) is 0. The summed E-state index contributed by atoms with van der Waals surface area (Å²) >= 11 is 0. The van der Waals surface area contributed by atoms with Gasteiger partial charge in [0, 0.05) is 0 Å². The van der Waals surface area contributed by atoms with Crippen LogP contribution in [-0.2, 0) is 26.2 Å². The molecule has 0 spiro atoms. The van der Waals surface area contributed by atoms with Gasteiger partial charge in [0.05, 0.1) is 16.1 Å². The standard InChI is InChI=1S/C19H25Si2.C5H5.2ClH.Zr/c1-20(2,3)16-7-9-18-14(12-16)11-15-13-17(21(4,5)6)8-10-19(15)18;1-2-4-5-3-1;;;/h7-13H,1-6H3;1-3H,4H2;2*1H;/q2*-1;;;+4/p-2. The van der Waals surface area contributed by atoms with Gasteiger partial charge in [-0.15, -0.1) is 46.2 Å². The molecule has 0 saturated heterocycles. The molecule has 1 aliphatic carbocycles. The molecule has 0 N–H and O–H groups in total. The Hall–Kier alpha value is -0.313. The second-order valence-electron chi connectivity index (χ2n) is 9.25. The molecule has 29 heavy (non-hydrogen) atoms. The molecule has 152 valence electrons. The number of halogens is 2. The zero-order valence-electron chi connectivity index (χ0n) is 18.2. The van der Waals surface area contributed by atoms with E-state index in [1.165, 1.54) is 21.5 Å². The SMILES string of the molecule is C[Si](C)(C)c1ccc2c(c1)[cH-]c1cc([Si](C)(C)C)ccc12.[C-]1=CC=CC1.[Cl-].[Cl-].[Zr+4]. The first kappa shape index (κ1) is 28.7. The molecular formula is C24H30Cl2Si2Zr. The molecule has 0 amide bonds. The average molecular weight is 537 g/mol. The van der Waals surface area contributed by atoms with E-state index in [0.29, 0.717) is 0 Å². The minimum absolute atomic E-state index is 0. The third-order valence-electron chi connectivity index (χ3n) is 5.02. The maximum atomic E-state index is 2.99. The van der Waals surface area contributed by atoms with Gasteiger partial charge in [-0.05, 0) is 0 Å². The molecule has 0 nitrogen and oxygen atoms in total. The van der Waals surface area contributed by atoms with Gasteiger partial charge in [-0.1, -0.05) is 73.9 Å². The number of fused-ring (bicyclic) bond motifs is 3. The molecule has 5 heteroatoms. The summed E-state index contributed by atoms with van der Waals surface area (Å²) in [5.41, 5.74) is 0. The summed E-state index contributed by atoms with van der Waals surface area (Å²) in [6.07, 6.45) is 10.0. The fraction of sp³-hybridized carbons (Fsp3) is 0.292. The maximum absolute atomic E-state index is 2.99. The summed E-state index contributed by atoms with van der Waals surface area (Å²) in [6.45, 7) is 14.5. The molecule has 0 unspecified atom stereocenters. The molecule has 0 aromatic heterocycles. The Morgan fingerprint density at radius 2 is 1.21 bits per heavy atom. The number of allylic oxidation sites excluding steroid dienone is 4. The summed E-state index contributed by atoms with van der Waals surface area (Å²) in [6, 6.07) is 16.6. The van der Waals surface area contributed by atoms with Crippen LogP contribution in [-0.4, -0.2) is 16.1 Å². The van der Waals surface area contributed by atoms with Crippen LogP contribution in [0.25, 0.3) is 21.5 Å². The molecule has 0 fully saturated rings. The minimum atomic E-state index is -1.23. The van der Waals surface area contributed by atoms with Crippen LogP contribution >= 0.6 is 0 Å². The van der Waals surface area contributed by atoms with E-state index in [-0.39, 0.29) is 51.0 Å². The summed E-state index contributed by atoms with van der Waals surface area (Å²) < 4.78 is 0. The van der Waals surface area contributed by atoms with Gasteiger partial charge in [-0.25, -0.2) is 12.2 Å². The summed E-state index contributed by atoms with van der Waals surface area (Å²) in [7, 11) is -2.47. The predicted molar refractivity (Wildman–Crippen MR) is 125 cm³/mol. The Morgan fingerprint density at radius 3 is 1.48 bits per heavy atom. The molecule has 0 radical (unpaired) electrons. The topological polar surface area (TPSA) is 0 Å². The largest absolute Gasteiger partial charge is 4.00 e. The Labute approximate surface area is 210 Å². The van der Waals surface area contributed by atoms with E-state index in [1.807, 2.05) is 12.2 Å². The molecule has 0 aliphatic heterocycles. The fourth-order valence-electron chi connectivity index (χ4n) is 3.30. The number of hydrogen-bond donors (Lipinski definition) is 0. The molecular weight excluding hydrogens is 507 g/mol. The second kappa shape index (κ2) is 11.3. The Bertz CT molecular complexity index is 911. The molecule has 4 rings (SSSR count). The van der Waals surface area contributed by atoms with Crippen molar-refractivity contribution in [2.45, 2.75) is 45.7 Å². The van der Waals surface area contributed by atoms with Crippen molar-refractivity contribution in [2.24, 2.45) is 0 Å². The van der Waals surface area contributed by atoms with Crippen molar-refractivity contribution >= 4 is 48.1 Å². The van der Waals surface area contributed by atoms with Crippen LogP contribution < -0.4 is 35.2 Å². The van der Waals surface area contributed by atoms with Crippen molar-refractivity contribution in [2.75, 3.05) is 0 Å². The zero-order chi connectivity index (χ0) is 18.9. The normalized spacial score (nSPS) is 12.6. The van der Waals surface area contributed by atoms with Crippen LogP contribution in [0, 0.1) is 6.08 Å². The van der Waals surface area contributed by atoms with E-state index in [0.717, 1.165) is 6.42 Å². The third-order valence-corrected chi connectivity index (χ3v) is 9.11. The van der Waals surface area contributed by atoms with Crippen molar-refractivity contribution in [3.8, 4) is 0 Å². The molecule has 0 saturated carbocycles. The fourth-order valence-corrected chi connectivity index (χ4v) is 5.64. The molecule has 1 aliphatic rings. The quantitative estimate of drug-likeness (QED) is 0.322. The molecule has 3 aromatic rings. The first-order valence-electron chi connectivity index (χ1n) is 9.52. The van der Waals surface area contributed by atoms with E-state index in [9.17, 15) is 0 Å². The Balaban J connectivity index is 0.000000863. The third kappa shape index (κ3) is 7.11. The predicted octanol–water partition coefficient (Wildman–Crippen LogP) is 0.113. The maximum Gasteiger partial charge on any atom is 4.00 e. The summed E-state index contributed by atoms with van der Waals surface area (Å²) in [5, 5.41) is 8.75. The van der Waals surface area contributed by atoms with Crippen molar-refractivity contribution in [3.05, 3.63) is 66.8 Å². The van der Waals surface area contributed by atoms with Crippen LogP contribution in [0.3, 0.4) is 0 Å². The van der Waals surface area contributed by atoms with E-state index in [2.05, 4.69) is 93.9 Å². The van der Waals surface area contributed by atoms with Crippen LogP contribution in [0.2, 0.25) is 39.3 Å². The van der Waals surface area contributed by atoms with Crippen molar-refractivity contribution in [1.29, 1.82) is 0 Å². The van der Waals surface area contributed by atoms with E-state index in [1.54, 1.807) is 10.4 Å². The van der Waals surface area contributed by atoms with Crippen molar-refractivity contribution < 1.29 is 51.0 Å². The monoisotopic (exact) mass is 534 g/mol. The van der Waals surface area contributed by atoms with E-state index < -0.39 is 16.1 Å². The molecule has 0 atom stereocenters. The Morgan fingerprint density at radius 1 is 0.759 bits per heavy atom. The van der Waals surface area contributed by atoms with Crippen LogP contribution in [0.4, 0.5) is 0 Å². The Kier molecular flexibility index (Phi) is 11.2. The first-order valence-corrected chi connectivity index (χ1v) is 16.5. The van der Waals surface area contributed by atoms with Crippen molar-refractivity contribution in [1.82, 2.24) is 0 Å². The van der Waals surface area contributed by atoms with Gasteiger partial charge in [0.1, 0.15) is 0 Å².